The standard InChI is InChI=1S/C65H112O12/c1-4-7-10-13-16-19-22-24-26-28-29-31-32-34-37-39-42-45-48-51-57(66)73-54-56(75-58(67)52-49-46-43-40-36-21-18-15-12-9-6-3)55-74-65-63(61(70)60(69)62(77-65)64(71)72)76-59(68)53-50-47-44-41-38-35-33-30-27-25-23-20-17-14-11-8-5-2/h8,11,16-17,19-20,24-27,56,60-63,65,69-70H,4-7,9-10,12-15,18,21-23,28-55H2,1-3H3,(H,71,72)/b11-8-,19-16-,20-17-,26-24-,27-25-. The number of aliphatic carboxylic acids is 1. The van der Waals surface area contributed by atoms with Crippen LogP contribution in [0.3, 0.4) is 0 Å². The molecule has 0 aromatic carbocycles. The minimum absolute atomic E-state index is 0.0496. The first-order valence-corrected chi connectivity index (χ1v) is 31.3. The lowest BCUT2D eigenvalue weighted by molar-refractivity contribution is -0.301. The molecule has 0 radical (unpaired) electrons. The Labute approximate surface area is 468 Å². The normalized spacial score (nSPS) is 18.4. The first-order chi connectivity index (χ1) is 37.6. The maximum atomic E-state index is 13.1. The van der Waals surface area contributed by atoms with Crippen molar-refractivity contribution >= 4 is 23.9 Å². The van der Waals surface area contributed by atoms with Crippen LogP contribution in [0.5, 0.6) is 0 Å². The molecule has 1 aliphatic rings. The summed E-state index contributed by atoms with van der Waals surface area (Å²) in [6, 6.07) is 0. The molecule has 0 spiro atoms. The van der Waals surface area contributed by atoms with Gasteiger partial charge in [-0.05, 0) is 83.5 Å². The van der Waals surface area contributed by atoms with Crippen LogP contribution in [0, 0.1) is 0 Å². The maximum absolute atomic E-state index is 13.1. The molecule has 444 valence electrons. The molecule has 12 heteroatoms. The van der Waals surface area contributed by atoms with Crippen LogP contribution in [0.15, 0.2) is 60.8 Å². The van der Waals surface area contributed by atoms with Crippen LogP contribution >= 0.6 is 0 Å². The van der Waals surface area contributed by atoms with Gasteiger partial charge in [0.2, 0.25) is 0 Å². The van der Waals surface area contributed by atoms with Crippen molar-refractivity contribution in [2.45, 2.75) is 314 Å². The van der Waals surface area contributed by atoms with Crippen molar-refractivity contribution in [1.29, 1.82) is 0 Å². The molecule has 0 aromatic heterocycles. The molecule has 0 bridgehead atoms. The van der Waals surface area contributed by atoms with Crippen LogP contribution in [0.25, 0.3) is 0 Å². The molecule has 0 amide bonds. The summed E-state index contributed by atoms with van der Waals surface area (Å²) in [5.74, 6) is -3.12. The van der Waals surface area contributed by atoms with E-state index < -0.39 is 67.3 Å². The Hall–Kier alpha value is -3.58. The van der Waals surface area contributed by atoms with Crippen LogP contribution in [-0.4, -0.2) is 89.2 Å². The second-order valence-electron chi connectivity index (χ2n) is 21.3. The van der Waals surface area contributed by atoms with Crippen molar-refractivity contribution in [2.24, 2.45) is 0 Å². The van der Waals surface area contributed by atoms with E-state index in [1.807, 2.05) is 0 Å². The first-order valence-electron chi connectivity index (χ1n) is 31.3. The number of carbonyl (C=O) groups excluding carboxylic acids is 3. The molecule has 3 N–H and O–H groups in total. The molecule has 12 nitrogen and oxygen atoms in total. The Morgan fingerprint density at radius 1 is 0.442 bits per heavy atom. The van der Waals surface area contributed by atoms with E-state index in [1.165, 1.54) is 103 Å². The van der Waals surface area contributed by atoms with Gasteiger partial charge < -0.3 is 39.0 Å². The van der Waals surface area contributed by atoms with Gasteiger partial charge in [-0.1, -0.05) is 236 Å². The van der Waals surface area contributed by atoms with E-state index in [1.54, 1.807) is 0 Å². The van der Waals surface area contributed by atoms with E-state index in [4.69, 9.17) is 23.7 Å². The van der Waals surface area contributed by atoms with E-state index in [0.717, 1.165) is 116 Å². The predicted octanol–water partition coefficient (Wildman–Crippen LogP) is 16.3. The summed E-state index contributed by atoms with van der Waals surface area (Å²) in [5.41, 5.74) is 0. The van der Waals surface area contributed by atoms with Gasteiger partial charge in [0.1, 0.15) is 18.8 Å². The summed E-state index contributed by atoms with van der Waals surface area (Å²) < 4.78 is 28.5. The lowest BCUT2D eigenvalue weighted by Crippen LogP contribution is -2.61. The highest BCUT2D eigenvalue weighted by molar-refractivity contribution is 5.74. The van der Waals surface area contributed by atoms with Crippen LogP contribution in [0.1, 0.15) is 278 Å². The predicted molar refractivity (Wildman–Crippen MR) is 312 cm³/mol. The van der Waals surface area contributed by atoms with Crippen molar-refractivity contribution in [3.05, 3.63) is 60.8 Å². The highest BCUT2D eigenvalue weighted by Gasteiger charge is 2.50. The zero-order valence-electron chi connectivity index (χ0n) is 49.0. The largest absolute Gasteiger partial charge is 0.479 e. The Balaban J connectivity index is 2.63. The fourth-order valence-corrected chi connectivity index (χ4v) is 9.30. The minimum atomic E-state index is -1.91. The zero-order valence-corrected chi connectivity index (χ0v) is 49.0. The van der Waals surface area contributed by atoms with Crippen molar-refractivity contribution in [3.8, 4) is 0 Å². The van der Waals surface area contributed by atoms with E-state index in [-0.39, 0.29) is 25.9 Å². The number of esters is 3. The van der Waals surface area contributed by atoms with Crippen molar-refractivity contribution in [2.75, 3.05) is 13.2 Å². The van der Waals surface area contributed by atoms with Crippen LogP contribution in [-0.2, 0) is 42.9 Å². The molecule has 1 heterocycles. The monoisotopic (exact) mass is 1080 g/mol. The minimum Gasteiger partial charge on any atom is -0.479 e. The smallest absolute Gasteiger partial charge is 0.335 e. The fourth-order valence-electron chi connectivity index (χ4n) is 9.30. The summed E-state index contributed by atoms with van der Waals surface area (Å²) >= 11 is 0. The van der Waals surface area contributed by atoms with Gasteiger partial charge in [-0.2, -0.15) is 0 Å². The summed E-state index contributed by atoms with van der Waals surface area (Å²) in [4.78, 5) is 51.2. The average Bonchev–Trinajstić information content (AvgIpc) is 3.42. The number of carbonyl (C=O) groups is 4. The lowest BCUT2D eigenvalue weighted by atomic mass is 9.98. The number of hydrogen-bond acceptors (Lipinski definition) is 11. The number of hydrogen-bond donors (Lipinski definition) is 3. The molecule has 0 aliphatic carbocycles. The molecule has 6 unspecified atom stereocenters. The van der Waals surface area contributed by atoms with Gasteiger partial charge in [0, 0.05) is 19.3 Å². The van der Waals surface area contributed by atoms with Crippen LogP contribution in [0.2, 0.25) is 0 Å². The second kappa shape index (κ2) is 53.1. The number of carboxylic acids is 1. The highest BCUT2D eigenvalue weighted by atomic mass is 16.7. The maximum Gasteiger partial charge on any atom is 0.335 e. The highest BCUT2D eigenvalue weighted by Crippen LogP contribution is 2.27. The molecule has 1 fully saturated rings. The third-order valence-corrected chi connectivity index (χ3v) is 14.1. The SMILES string of the molecule is CC/C=C\C/C=C\C/C=C\CCCCCCCCCC(=O)OC1C(OCC(COC(=O)CCCCCCCCCCC/C=C\C/C=C\CCCCC)OC(=O)CCCCCCCCCCCCC)OC(C(=O)O)C(O)C1O. The molecule has 0 saturated carbocycles. The third kappa shape index (κ3) is 43.0. The van der Waals surface area contributed by atoms with E-state index in [2.05, 4.69) is 81.5 Å². The van der Waals surface area contributed by atoms with Gasteiger partial charge >= 0.3 is 23.9 Å². The number of aliphatic hydroxyl groups is 2. The number of rotatable bonds is 53. The van der Waals surface area contributed by atoms with Crippen molar-refractivity contribution < 1.29 is 58.2 Å². The summed E-state index contributed by atoms with van der Waals surface area (Å²) in [5, 5.41) is 31.5. The zero-order chi connectivity index (χ0) is 56.1. The van der Waals surface area contributed by atoms with Gasteiger partial charge in [0.05, 0.1) is 6.61 Å². The Morgan fingerprint density at radius 2 is 0.818 bits per heavy atom. The Morgan fingerprint density at radius 3 is 1.27 bits per heavy atom. The number of allylic oxidation sites excluding steroid dienone is 10. The molecule has 1 saturated heterocycles. The van der Waals surface area contributed by atoms with Crippen LogP contribution in [0.4, 0.5) is 0 Å². The molecule has 6 atom stereocenters. The molecule has 1 rings (SSSR count). The molecule has 0 aromatic rings. The number of carboxylic acid groups (broad SMARTS) is 1. The quantitative estimate of drug-likeness (QED) is 0.0228. The Bertz CT molecular complexity index is 1570. The molecular weight excluding hydrogens is 973 g/mol. The van der Waals surface area contributed by atoms with Gasteiger partial charge in [-0.15, -0.1) is 0 Å². The molecule has 1 aliphatic heterocycles. The van der Waals surface area contributed by atoms with Gasteiger partial charge in [-0.3, -0.25) is 14.4 Å². The molecular formula is C65H112O12. The van der Waals surface area contributed by atoms with Gasteiger partial charge in [-0.25, -0.2) is 4.79 Å². The average molecular weight is 1090 g/mol. The van der Waals surface area contributed by atoms with E-state index >= 15 is 0 Å². The first kappa shape index (κ1) is 71.4. The number of aliphatic hydroxyl groups excluding tert-OH is 2. The fraction of sp³-hybridized carbons (Fsp3) is 0.785. The van der Waals surface area contributed by atoms with Crippen LogP contribution < -0.4 is 0 Å². The Kier molecular flexibility index (Phi) is 49.2. The second-order valence-corrected chi connectivity index (χ2v) is 21.3. The van der Waals surface area contributed by atoms with E-state index in [0.29, 0.717) is 19.3 Å². The van der Waals surface area contributed by atoms with Crippen molar-refractivity contribution in [1.82, 2.24) is 0 Å². The topological polar surface area (TPSA) is 175 Å². The van der Waals surface area contributed by atoms with Crippen molar-refractivity contribution in [3.63, 3.8) is 0 Å². The summed E-state index contributed by atoms with van der Waals surface area (Å²) in [7, 11) is 0. The third-order valence-electron chi connectivity index (χ3n) is 14.1. The summed E-state index contributed by atoms with van der Waals surface area (Å²) in [6.07, 6.45) is 53.3. The molecule has 77 heavy (non-hydrogen) atoms. The summed E-state index contributed by atoms with van der Waals surface area (Å²) in [6.45, 7) is 5.86. The number of ether oxygens (including phenoxy) is 5. The van der Waals surface area contributed by atoms with E-state index in [9.17, 15) is 34.5 Å². The van der Waals surface area contributed by atoms with Gasteiger partial charge in [0.25, 0.3) is 0 Å². The number of unbranched alkanes of at least 4 members (excludes halogenated alkanes) is 29. The van der Waals surface area contributed by atoms with Gasteiger partial charge in [0.15, 0.2) is 24.6 Å². The lowest BCUT2D eigenvalue weighted by Gasteiger charge is -2.40.